The fourth-order valence-electron chi connectivity index (χ4n) is 4.40. The van der Waals surface area contributed by atoms with Gasteiger partial charge >= 0.3 is 0 Å². The maximum atomic E-state index is 13.3. The lowest BCUT2D eigenvalue weighted by Gasteiger charge is -2.21. The van der Waals surface area contributed by atoms with Crippen LogP contribution in [0.3, 0.4) is 0 Å². The molecule has 1 aliphatic carbocycles. The summed E-state index contributed by atoms with van der Waals surface area (Å²) in [7, 11) is 0. The molecule has 35 heavy (non-hydrogen) atoms. The Bertz CT molecular complexity index is 1220. The van der Waals surface area contributed by atoms with E-state index in [-0.39, 0.29) is 18.2 Å². The average Bonchev–Trinajstić information content (AvgIpc) is 3.45. The highest BCUT2D eigenvalue weighted by molar-refractivity contribution is 5.92. The molecule has 10 heteroatoms. The number of amides is 1. The van der Waals surface area contributed by atoms with Crippen LogP contribution in [-0.4, -0.2) is 41.2 Å². The third kappa shape index (κ3) is 6.54. The standard InChI is InChI=1S/C25H32N6O4/c1-17-21(9-6-11-26-17)35-19-14-23(32)31(27-15-19)20(13-18-7-4-5-8-18)24(33)28-22-10-12-30(29-22)16-25(2,3)34/h6,9-12,14-15,18,20,34H,4-5,7-8,13,16H2,1-3H3,(H,28,29,33). The SMILES string of the molecule is Cc1ncccc1Oc1cnn(C(CC2CCCC2)C(=O)Nc2ccn(CC(C)(C)O)n2)c(=O)c1. The number of aliphatic hydroxyl groups is 1. The van der Waals surface area contributed by atoms with Crippen LogP contribution in [0.4, 0.5) is 5.82 Å². The molecular formula is C25H32N6O4. The molecule has 0 bridgehead atoms. The Morgan fingerprint density at radius 3 is 2.77 bits per heavy atom. The first-order valence-electron chi connectivity index (χ1n) is 11.9. The lowest BCUT2D eigenvalue weighted by molar-refractivity contribution is -0.120. The minimum atomic E-state index is -0.937. The number of rotatable bonds is 9. The van der Waals surface area contributed by atoms with Crippen molar-refractivity contribution in [3.8, 4) is 11.5 Å². The van der Waals surface area contributed by atoms with Crippen LogP contribution in [0.25, 0.3) is 0 Å². The molecule has 3 aromatic heterocycles. The van der Waals surface area contributed by atoms with Gasteiger partial charge in [-0.05, 0) is 45.2 Å². The minimum absolute atomic E-state index is 0.285. The molecule has 0 aromatic carbocycles. The number of carbonyl (C=O) groups is 1. The Kier molecular flexibility index (Phi) is 7.30. The number of ether oxygens (including phenoxy) is 1. The Morgan fingerprint density at radius 1 is 1.31 bits per heavy atom. The molecule has 1 saturated carbocycles. The van der Waals surface area contributed by atoms with E-state index in [0.29, 0.717) is 29.6 Å². The van der Waals surface area contributed by atoms with Crippen LogP contribution in [-0.2, 0) is 11.3 Å². The molecule has 186 valence electrons. The first-order valence-corrected chi connectivity index (χ1v) is 11.9. The first-order chi connectivity index (χ1) is 16.7. The smallest absolute Gasteiger partial charge is 0.271 e. The Labute approximate surface area is 204 Å². The van der Waals surface area contributed by atoms with Gasteiger partial charge in [0, 0.05) is 24.5 Å². The lowest BCUT2D eigenvalue weighted by atomic mass is 9.98. The quantitative estimate of drug-likeness (QED) is 0.480. The molecule has 1 aliphatic rings. The lowest BCUT2D eigenvalue weighted by Crippen LogP contribution is -2.36. The summed E-state index contributed by atoms with van der Waals surface area (Å²) in [6.45, 7) is 5.47. The van der Waals surface area contributed by atoms with Crippen molar-refractivity contribution in [2.24, 2.45) is 5.92 Å². The van der Waals surface area contributed by atoms with Gasteiger partial charge in [0.2, 0.25) is 0 Å². The van der Waals surface area contributed by atoms with Crippen LogP contribution in [0.1, 0.15) is 57.7 Å². The molecule has 2 N–H and O–H groups in total. The fraction of sp³-hybridized carbons (Fsp3) is 0.480. The molecule has 0 saturated heterocycles. The summed E-state index contributed by atoms with van der Waals surface area (Å²) < 4.78 is 8.58. The number of aromatic nitrogens is 5. The van der Waals surface area contributed by atoms with Gasteiger partial charge in [0.25, 0.3) is 11.5 Å². The molecule has 0 spiro atoms. The Balaban J connectivity index is 1.54. The van der Waals surface area contributed by atoms with Gasteiger partial charge in [0.1, 0.15) is 11.8 Å². The predicted octanol–water partition coefficient (Wildman–Crippen LogP) is 3.47. The predicted molar refractivity (Wildman–Crippen MR) is 130 cm³/mol. The van der Waals surface area contributed by atoms with Crippen molar-refractivity contribution >= 4 is 11.7 Å². The highest BCUT2D eigenvalue weighted by Gasteiger charge is 2.29. The highest BCUT2D eigenvalue weighted by atomic mass is 16.5. The van der Waals surface area contributed by atoms with Crippen LogP contribution >= 0.6 is 0 Å². The molecule has 3 heterocycles. The molecule has 4 rings (SSSR count). The number of nitrogens with zero attached hydrogens (tertiary/aromatic N) is 5. The summed E-state index contributed by atoms with van der Waals surface area (Å²) in [4.78, 5) is 30.5. The molecule has 0 aliphatic heterocycles. The number of hydrogen-bond acceptors (Lipinski definition) is 7. The van der Waals surface area contributed by atoms with E-state index in [0.717, 1.165) is 25.7 Å². The third-order valence-corrected chi connectivity index (χ3v) is 6.06. The highest BCUT2D eigenvalue weighted by Crippen LogP contribution is 2.32. The van der Waals surface area contributed by atoms with Crippen LogP contribution in [0.5, 0.6) is 11.5 Å². The van der Waals surface area contributed by atoms with Crippen LogP contribution in [0.15, 0.2) is 47.7 Å². The van der Waals surface area contributed by atoms with Gasteiger partial charge in [-0.25, -0.2) is 4.68 Å². The Morgan fingerprint density at radius 2 is 2.09 bits per heavy atom. The van der Waals surface area contributed by atoms with Crippen LogP contribution in [0.2, 0.25) is 0 Å². The van der Waals surface area contributed by atoms with Gasteiger partial charge in [0.05, 0.1) is 24.0 Å². The molecule has 10 nitrogen and oxygen atoms in total. The van der Waals surface area contributed by atoms with Crippen molar-refractivity contribution in [3.05, 3.63) is 58.9 Å². The third-order valence-electron chi connectivity index (χ3n) is 6.06. The summed E-state index contributed by atoms with van der Waals surface area (Å²) in [5.41, 5.74) is -0.665. The zero-order chi connectivity index (χ0) is 25.0. The number of nitrogens with one attached hydrogen (secondary N) is 1. The van der Waals surface area contributed by atoms with Crippen molar-refractivity contribution in [3.63, 3.8) is 0 Å². The summed E-state index contributed by atoms with van der Waals surface area (Å²) in [5.74, 6) is 1.18. The van der Waals surface area contributed by atoms with E-state index >= 15 is 0 Å². The molecule has 1 fully saturated rings. The van der Waals surface area contributed by atoms with Crippen molar-refractivity contribution < 1.29 is 14.6 Å². The average molecular weight is 481 g/mol. The van der Waals surface area contributed by atoms with Gasteiger partial charge in [-0.2, -0.15) is 10.2 Å². The summed E-state index contributed by atoms with van der Waals surface area (Å²) in [6.07, 6.45) is 9.63. The van der Waals surface area contributed by atoms with Crippen molar-refractivity contribution in [2.45, 2.75) is 71.1 Å². The second-order valence-electron chi connectivity index (χ2n) is 9.77. The number of carbonyl (C=O) groups excluding carboxylic acids is 1. The maximum absolute atomic E-state index is 13.3. The summed E-state index contributed by atoms with van der Waals surface area (Å²) in [6, 6.07) is 5.74. The van der Waals surface area contributed by atoms with Gasteiger partial charge in [0.15, 0.2) is 11.6 Å². The molecule has 1 amide bonds. The zero-order valence-corrected chi connectivity index (χ0v) is 20.3. The monoisotopic (exact) mass is 480 g/mol. The van der Waals surface area contributed by atoms with Crippen LogP contribution < -0.4 is 15.6 Å². The number of anilines is 1. The van der Waals surface area contributed by atoms with Crippen molar-refractivity contribution in [1.82, 2.24) is 24.5 Å². The maximum Gasteiger partial charge on any atom is 0.271 e. The topological polar surface area (TPSA) is 124 Å². The van der Waals surface area contributed by atoms with Gasteiger partial charge in [-0.1, -0.05) is 25.7 Å². The normalized spacial score (nSPS) is 15.2. The summed E-state index contributed by atoms with van der Waals surface area (Å²) in [5, 5.41) is 21.5. The second kappa shape index (κ2) is 10.4. The van der Waals surface area contributed by atoms with Crippen LogP contribution in [0, 0.1) is 12.8 Å². The van der Waals surface area contributed by atoms with E-state index < -0.39 is 17.2 Å². The summed E-state index contributed by atoms with van der Waals surface area (Å²) >= 11 is 0. The first kappa shape index (κ1) is 24.6. The van der Waals surface area contributed by atoms with E-state index in [1.807, 2.05) is 6.92 Å². The minimum Gasteiger partial charge on any atom is -0.454 e. The van der Waals surface area contributed by atoms with E-state index in [9.17, 15) is 14.7 Å². The van der Waals surface area contributed by atoms with E-state index in [2.05, 4.69) is 20.5 Å². The Hall–Kier alpha value is -3.53. The molecule has 0 radical (unpaired) electrons. The fourth-order valence-corrected chi connectivity index (χ4v) is 4.40. The molecule has 1 unspecified atom stereocenters. The van der Waals surface area contributed by atoms with Gasteiger partial charge in [-0.15, -0.1) is 0 Å². The molecular weight excluding hydrogens is 448 g/mol. The van der Waals surface area contributed by atoms with Gasteiger partial charge < -0.3 is 15.2 Å². The van der Waals surface area contributed by atoms with Crippen molar-refractivity contribution in [1.29, 1.82) is 0 Å². The van der Waals surface area contributed by atoms with E-state index in [1.165, 1.54) is 16.9 Å². The number of aryl methyl sites for hydroxylation is 1. The molecule has 3 aromatic rings. The second-order valence-corrected chi connectivity index (χ2v) is 9.77. The van der Waals surface area contributed by atoms with Crippen molar-refractivity contribution in [2.75, 3.05) is 5.32 Å². The molecule has 1 atom stereocenters. The van der Waals surface area contributed by atoms with E-state index in [4.69, 9.17) is 4.74 Å². The zero-order valence-electron chi connectivity index (χ0n) is 20.3. The number of pyridine rings is 1. The largest absolute Gasteiger partial charge is 0.454 e. The van der Waals surface area contributed by atoms with E-state index in [1.54, 1.807) is 49.1 Å². The number of hydrogen-bond donors (Lipinski definition) is 2. The van der Waals surface area contributed by atoms with Gasteiger partial charge in [-0.3, -0.25) is 19.3 Å².